The highest BCUT2D eigenvalue weighted by Crippen LogP contribution is 2.21. The quantitative estimate of drug-likeness (QED) is 0.662. The Morgan fingerprint density at radius 2 is 1.96 bits per heavy atom. The first-order valence-corrected chi connectivity index (χ1v) is 7.53. The van der Waals surface area contributed by atoms with Gasteiger partial charge >= 0.3 is 0 Å². The lowest BCUT2D eigenvalue weighted by molar-refractivity contribution is 0.107. The molecular formula is C17H13ClFN3O2. The van der Waals surface area contributed by atoms with E-state index in [0.717, 1.165) is 10.4 Å². The molecule has 0 aliphatic heterocycles. The maximum absolute atomic E-state index is 14.2. The molecule has 0 amide bonds. The molecule has 0 saturated heterocycles. The van der Waals surface area contributed by atoms with E-state index in [9.17, 15) is 9.18 Å². The van der Waals surface area contributed by atoms with Crippen molar-refractivity contribution < 1.29 is 13.9 Å². The van der Waals surface area contributed by atoms with E-state index in [1.54, 1.807) is 13.0 Å². The summed E-state index contributed by atoms with van der Waals surface area (Å²) in [5.41, 5.74) is 1.73. The minimum Gasteiger partial charge on any atom is -0.486 e. The van der Waals surface area contributed by atoms with E-state index in [2.05, 4.69) is 10.2 Å². The molecule has 5 nitrogen and oxygen atoms in total. The van der Waals surface area contributed by atoms with Gasteiger partial charge in [-0.05, 0) is 36.2 Å². The Balaban J connectivity index is 1.79. The third-order valence-electron chi connectivity index (χ3n) is 3.35. The molecule has 0 radical (unpaired) electrons. The SMILES string of the molecule is Cc1nn(-c2ccc(OCc3ccccc3)c(F)c2)nc1C(=O)Cl. The van der Waals surface area contributed by atoms with Gasteiger partial charge in [-0.3, -0.25) is 4.79 Å². The maximum atomic E-state index is 14.2. The van der Waals surface area contributed by atoms with Gasteiger partial charge in [-0.1, -0.05) is 30.3 Å². The third-order valence-corrected chi connectivity index (χ3v) is 3.53. The van der Waals surface area contributed by atoms with Gasteiger partial charge in [0.1, 0.15) is 6.61 Å². The van der Waals surface area contributed by atoms with Crippen molar-refractivity contribution in [2.24, 2.45) is 0 Å². The van der Waals surface area contributed by atoms with Crippen LogP contribution in [-0.2, 0) is 6.61 Å². The second kappa shape index (κ2) is 6.80. The predicted molar refractivity (Wildman–Crippen MR) is 87.0 cm³/mol. The van der Waals surface area contributed by atoms with Gasteiger partial charge in [0.25, 0.3) is 5.24 Å². The molecule has 2 aromatic carbocycles. The van der Waals surface area contributed by atoms with Gasteiger partial charge in [0.05, 0.1) is 11.4 Å². The molecule has 0 spiro atoms. The van der Waals surface area contributed by atoms with Crippen LogP contribution in [0.1, 0.15) is 21.7 Å². The maximum Gasteiger partial charge on any atom is 0.274 e. The molecule has 24 heavy (non-hydrogen) atoms. The average Bonchev–Trinajstić information content (AvgIpc) is 2.97. The molecule has 1 heterocycles. The third kappa shape index (κ3) is 3.44. The molecule has 122 valence electrons. The minimum absolute atomic E-state index is 0.0430. The first-order valence-electron chi connectivity index (χ1n) is 7.15. The Labute approximate surface area is 142 Å². The van der Waals surface area contributed by atoms with Crippen molar-refractivity contribution in [3.8, 4) is 11.4 Å². The number of ether oxygens (including phenoxy) is 1. The van der Waals surface area contributed by atoms with E-state index in [1.807, 2.05) is 30.3 Å². The molecule has 7 heteroatoms. The van der Waals surface area contributed by atoms with Crippen LogP contribution < -0.4 is 4.74 Å². The van der Waals surface area contributed by atoms with Crippen LogP contribution in [0.2, 0.25) is 0 Å². The van der Waals surface area contributed by atoms with Crippen LogP contribution in [0.25, 0.3) is 5.69 Å². The van der Waals surface area contributed by atoms with Gasteiger partial charge in [0.2, 0.25) is 0 Å². The van der Waals surface area contributed by atoms with Crippen LogP contribution in [0.5, 0.6) is 5.75 Å². The number of carbonyl (C=O) groups is 1. The van der Waals surface area contributed by atoms with Crippen LogP contribution >= 0.6 is 11.6 Å². The number of benzene rings is 2. The van der Waals surface area contributed by atoms with Crippen LogP contribution in [0, 0.1) is 12.7 Å². The first kappa shape index (κ1) is 16.1. The van der Waals surface area contributed by atoms with Gasteiger partial charge in [-0.2, -0.15) is 9.90 Å². The number of aryl methyl sites for hydroxylation is 1. The largest absolute Gasteiger partial charge is 0.486 e. The molecule has 0 bridgehead atoms. The average molecular weight is 346 g/mol. The lowest BCUT2D eigenvalue weighted by Gasteiger charge is -2.08. The highest BCUT2D eigenvalue weighted by molar-refractivity contribution is 6.67. The van der Waals surface area contributed by atoms with Crippen molar-refractivity contribution in [1.29, 1.82) is 0 Å². The van der Waals surface area contributed by atoms with Crippen LogP contribution in [-0.4, -0.2) is 20.2 Å². The fourth-order valence-corrected chi connectivity index (χ4v) is 2.32. The summed E-state index contributed by atoms with van der Waals surface area (Å²) in [7, 11) is 0. The molecule has 0 aliphatic carbocycles. The molecule has 0 aliphatic rings. The van der Waals surface area contributed by atoms with E-state index >= 15 is 0 Å². The summed E-state index contributed by atoms with van der Waals surface area (Å²) in [5, 5.41) is 7.31. The first-order chi connectivity index (χ1) is 11.5. The Morgan fingerprint density at radius 3 is 2.58 bits per heavy atom. The number of hydrogen-bond donors (Lipinski definition) is 0. The van der Waals surface area contributed by atoms with Crippen molar-refractivity contribution in [3.63, 3.8) is 0 Å². The zero-order valence-corrected chi connectivity index (χ0v) is 13.5. The topological polar surface area (TPSA) is 57.0 Å². The van der Waals surface area contributed by atoms with E-state index in [4.69, 9.17) is 16.3 Å². The number of hydrogen-bond acceptors (Lipinski definition) is 4. The second-order valence-electron chi connectivity index (χ2n) is 5.09. The van der Waals surface area contributed by atoms with Crippen molar-refractivity contribution >= 4 is 16.8 Å². The molecular weight excluding hydrogens is 333 g/mol. The van der Waals surface area contributed by atoms with Crippen molar-refractivity contribution in [1.82, 2.24) is 15.0 Å². The highest BCUT2D eigenvalue weighted by Gasteiger charge is 2.15. The van der Waals surface area contributed by atoms with E-state index in [-0.39, 0.29) is 18.1 Å². The summed E-state index contributed by atoms with van der Waals surface area (Å²) in [6, 6.07) is 13.8. The van der Waals surface area contributed by atoms with Gasteiger partial charge in [-0.25, -0.2) is 4.39 Å². The molecule has 0 saturated carbocycles. The zero-order valence-electron chi connectivity index (χ0n) is 12.7. The number of carbonyl (C=O) groups excluding carboxylic acids is 1. The molecule has 0 N–H and O–H groups in total. The lowest BCUT2D eigenvalue weighted by atomic mass is 10.2. The van der Waals surface area contributed by atoms with Gasteiger partial charge < -0.3 is 4.74 Å². The number of aromatic nitrogens is 3. The fraction of sp³-hybridized carbons (Fsp3) is 0.118. The summed E-state index contributed by atoms with van der Waals surface area (Å²) in [5.74, 6) is -0.419. The summed E-state index contributed by atoms with van der Waals surface area (Å²) in [6.45, 7) is 1.87. The van der Waals surface area contributed by atoms with E-state index < -0.39 is 11.1 Å². The van der Waals surface area contributed by atoms with Crippen molar-refractivity contribution in [2.75, 3.05) is 0 Å². The Bertz CT molecular complexity index is 881. The predicted octanol–water partition coefficient (Wildman–Crippen LogP) is 3.67. The van der Waals surface area contributed by atoms with E-state index in [0.29, 0.717) is 11.4 Å². The van der Waals surface area contributed by atoms with Gasteiger partial charge in [0, 0.05) is 6.07 Å². The summed E-state index contributed by atoms with van der Waals surface area (Å²) in [4.78, 5) is 12.4. The molecule has 3 aromatic rings. The zero-order chi connectivity index (χ0) is 17.1. The molecule has 3 rings (SSSR count). The highest BCUT2D eigenvalue weighted by atomic mass is 35.5. The Kier molecular flexibility index (Phi) is 4.57. The van der Waals surface area contributed by atoms with Crippen molar-refractivity contribution in [3.05, 3.63) is 71.3 Å². The second-order valence-corrected chi connectivity index (χ2v) is 5.43. The molecule has 0 atom stereocenters. The standard InChI is InChI=1S/C17H13ClFN3O2/c1-11-16(17(18)23)21-22(20-11)13-7-8-15(14(19)9-13)24-10-12-5-3-2-4-6-12/h2-9H,10H2,1H3. The lowest BCUT2D eigenvalue weighted by Crippen LogP contribution is -2.02. The normalized spacial score (nSPS) is 10.6. The molecule has 1 aromatic heterocycles. The van der Waals surface area contributed by atoms with Crippen LogP contribution in [0.15, 0.2) is 48.5 Å². The Hall–Kier alpha value is -2.73. The molecule has 0 unspecified atom stereocenters. The van der Waals surface area contributed by atoms with Crippen molar-refractivity contribution in [2.45, 2.75) is 13.5 Å². The summed E-state index contributed by atoms with van der Waals surface area (Å²) < 4.78 is 19.7. The Morgan fingerprint density at radius 1 is 1.21 bits per heavy atom. The minimum atomic E-state index is -0.706. The van der Waals surface area contributed by atoms with E-state index in [1.165, 1.54) is 12.1 Å². The number of nitrogens with zero attached hydrogens (tertiary/aromatic N) is 3. The smallest absolute Gasteiger partial charge is 0.274 e. The van der Waals surface area contributed by atoms with Gasteiger partial charge in [-0.15, -0.1) is 5.10 Å². The van der Waals surface area contributed by atoms with Crippen LogP contribution in [0.3, 0.4) is 0 Å². The van der Waals surface area contributed by atoms with Crippen LogP contribution in [0.4, 0.5) is 4.39 Å². The number of halogens is 2. The summed E-state index contributed by atoms with van der Waals surface area (Å²) >= 11 is 5.42. The number of rotatable bonds is 5. The fourth-order valence-electron chi connectivity index (χ4n) is 2.14. The van der Waals surface area contributed by atoms with Gasteiger partial charge in [0.15, 0.2) is 17.3 Å². The monoisotopic (exact) mass is 345 g/mol. The summed E-state index contributed by atoms with van der Waals surface area (Å²) in [6.07, 6.45) is 0. The molecule has 0 fully saturated rings.